The quantitative estimate of drug-likeness (QED) is 0.0496. The van der Waals surface area contributed by atoms with Gasteiger partial charge in [-0.2, -0.15) is 0 Å². The van der Waals surface area contributed by atoms with Gasteiger partial charge in [0.15, 0.2) is 0 Å². The fourth-order valence-corrected chi connectivity index (χ4v) is 12.4. The van der Waals surface area contributed by atoms with Gasteiger partial charge in [0, 0.05) is 50.0 Å². The SMILES string of the molecule is CC[C@H](NC)C(=O)N[C@@H]1C(=O)N2[C@@H](CC[C@@H]1CNC(=O)CCCCCCCNC(=O)[C@@H](NC(=O)[C@@H]1CC[C@@H]3CC[C@H](CO)[C@H](NC(=O)[C@H](CC)NC)C(=O)N31)c1ccccc1)CC[C@H]2C(=O)NC(c1ccccc1)c1ccccc1. The van der Waals surface area contributed by atoms with Crippen LogP contribution in [0.1, 0.15) is 145 Å². The van der Waals surface area contributed by atoms with Gasteiger partial charge in [-0.05, 0) is 108 Å². The Balaban J connectivity index is 0.880. The van der Waals surface area contributed by atoms with Crippen molar-refractivity contribution in [1.82, 2.24) is 52.3 Å². The summed E-state index contributed by atoms with van der Waals surface area (Å²) in [7, 11) is 3.37. The number of fused-ring (bicyclic) bond motifs is 2. The van der Waals surface area contributed by atoms with Crippen LogP contribution in [0.25, 0.3) is 0 Å². The predicted octanol–water partition coefficient (Wildman–Crippen LogP) is 3.82. The molecule has 4 saturated heterocycles. The molecule has 3 aromatic carbocycles. The van der Waals surface area contributed by atoms with Crippen molar-refractivity contribution in [3.63, 3.8) is 0 Å². The number of carbonyl (C=O) groups is 8. The molecule has 4 heterocycles. The monoisotopic (exact) mass is 1100 g/mol. The molecule has 9 N–H and O–H groups in total. The lowest BCUT2D eigenvalue weighted by atomic mass is 9.92. The predicted molar refractivity (Wildman–Crippen MR) is 304 cm³/mol. The van der Waals surface area contributed by atoms with E-state index in [2.05, 4.69) is 42.5 Å². The Morgan fingerprint density at radius 3 is 1.49 bits per heavy atom. The van der Waals surface area contributed by atoms with Crippen molar-refractivity contribution >= 4 is 47.3 Å². The molecule has 0 saturated carbocycles. The first-order valence-corrected chi connectivity index (χ1v) is 29.3. The summed E-state index contributed by atoms with van der Waals surface area (Å²) in [5.74, 6) is -3.50. The first-order valence-electron chi connectivity index (χ1n) is 29.3. The second-order valence-electron chi connectivity index (χ2n) is 22.0. The van der Waals surface area contributed by atoms with E-state index < -0.39 is 72.0 Å². The van der Waals surface area contributed by atoms with E-state index in [1.807, 2.05) is 80.6 Å². The number of rotatable bonds is 27. The fourth-order valence-electron chi connectivity index (χ4n) is 12.4. The van der Waals surface area contributed by atoms with Crippen LogP contribution in [0.15, 0.2) is 91.0 Å². The highest BCUT2D eigenvalue weighted by atomic mass is 16.3. The Morgan fingerprint density at radius 2 is 0.988 bits per heavy atom. The number of aliphatic hydroxyl groups excluding tert-OH is 1. The molecule has 0 aromatic heterocycles. The van der Waals surface area contributed by atoms with E-state index in [-0.39, 0.29) is 67.1 Å². The molecule has 0 radical (unpaired) electrons. The number of likely N-dealkylation sites (N-methyl/N-ethyl adjacent to an activating group) is 2. The topological polar surface area (TPSA) is 260 Å². The summed E-state index contributed by atoms with van der Waals surface area (Å²) in [6.45, 7) is 4.02. The number of unbranched alkanes of at least 4 members (excludes halogenated alkanes) is 4. The van der Waals surface area contributed by atoms with Gasteiger partial charge in [-0.15, -0.1) is 0 Å². The largest absolute Gasteiger partial charge is 0.396 e. The van der Waals surface area contributed by atoms with Crippen molar-refractivity contribution in [2.45, 2.75) is 177 Å². The highest BCUT2D eigenvalue weighted by Crippen LogP contribution is 2.36. The summed E-state index contributed by atoms with van der Waals surface area (Å²) in [6, 6.07) is 22.0. The first-order chi connectivity index (χ1) is 38.8. The lowest BCUT2D eigenvalue weighted by molar-refractivity contribution is -0.144. The molecule has 19 heteroatoms. The minimum Gasteiger partial charge on any atom is -0.396 e. The van der Waals surface area contributed by atoms with Crippen LogP contribution in [0, 0.1) is 11.8 Å². The van der Waals surface area contributed by atoms with E-state index in [0.717, 1.165) is 30.4 Å². The summed E-state index contributed by atoms with van der Waals surface area (Å²) in [6.07, 6.45) is 9.40. The smallest absolute Gasteiger partial charge is 0.247 e. The maximum atomic E-state index is 14.8. The van der Waals surface area contributed by atoms with E-state index in [1.54, 1.807) is 48.2 Å². The molecule has 4 aliphatic heterocycles. The van der Waals surface area contributed by atoms with E-state index in [4.69, 9.17) is 0 Å². The van der Waals surface area contributed by atoms with Gasteiger partial charge in [0.05, 0.1) is 18.1 Å². The van der Waals surface area contributed by atoms with E-state index in [1.165, 1.54) is 0 Å². The third-order valence-corrected chi connectivity index (χ3v) is 17.0. The van der Waals surface area contributed by atoms with Crippen LogP contribution in [0.5, 0.6) is 0 Å². The molecule has 80 heavy (non-hydrogen) atoms. The first kappa shape index (κ1) is 60.9. The van der Waals surface area contributed by atoms with Crippen LogP contribution in [0.4, 0.5) is 0 Å². The average molecular weight is 1100 g/mol. The van der Waals surface area contributed by atoms with Crippen LogP contribution in [0.2, 0.25) is 0 Å². The highest BCUT2D eigenvalue weighted by molar-refractivity contribution is 5.97. The van der Waals surface area contributed by atoms with Gasteiger partial charge in [0.2, 0.25) is 47.3 Å². The van der Waals surface area contributed by atoms with Crippen molar-refractivity contribution in [2.24, 2.45) is 11.8 Å². The highest BCUT2D eigenvalue weighted by Gasteiger charge is 2.50. The van der Waals surface area contributed by atoms with Crippen molar-refractivity contribution < 1.29 is 43.5 Å². The van der Waals surface area contributed by atoms with Gasteiger partial charge >= 0.3 is 0 Å². The van der Waals surface area contributed by atoms with Gasteiger partial charge in [-0.3, -0.25) is 38.4 Å². The molecule has 3 aromatic rings. The molecular weight excluding hydrogens is 1020 g/mol. The fraction of sp³-hybridized carbons (Fsp3) is 0.574. The lowest BCUT2D eigenvalue weighted by Crippen LogP contribution is -2.59. The molecule has 19 nitrogen and oxygen atoms in total. The van der Waals surface area contributed by atoms with Crippen molar-refractivity contribution in [1.29, 1.82) is 0 Å². The number of amides is 8. The number of nitrogens with zero attached hydrogens (tertiary/aromatic N) is 2. The summed E-state index contributed by atoms with van der Waals surface area (Å²) in [4.78, 5) is 115. The number of nitrogens with one attached hydrogen (secondary N) is 8. The number of hydrogen-bond acceptors (Lipinski definition) is 11. The van der Waals surface area contributed by atoms with Crippen molar-refractivity contribution in [3.05, 3.63) is 108 Å². The summed E-state index contributed by atoms with van der Waals surface area (Å²) in [5.41, 5.74) is 2.43. The van der Waals surface area contributed by atoms with Crippen LogP contribution in [-0.4, -0.2) is 144 Å². The molecule has 4 aliphatic rings. The maximum absolute atomic E-state index is 14.8. The Bertz CT molecular complexity index is 2490. The zero-order chi connectivity index (χ0) is 57.1. The van der Waals surface area contributed by atoms with Crippen LogP contribution < -0.4 is 42.5 Å². The normalized spacial score (nSPS) is 23.8. The zero-order valence-electron chi connectivity index (χ0n) is 47.1. The van der Waals surface area contributed by atoms with Crippen molar-refractivity contribution in [3.8, 4) is 0 Å². The minimum absolute atomic E-state index is 0.149. The van der Waals surface area contributed by atoms with E-state index in [9.17, 15) is 43.5 Å². The summed E-state index contributed by atoms with van der Waals surface area (Å²) >= 11 is 0. The Labute approximate surface area is 471 Å². The van der Waals surface area contributed by atoms with Gasteiger partial charge in [0.1, 0.15) is 30.2 Å². The van der Waals surface area contributed by atoms with E-state index in [0.29, 0.717) is 89.2 Å². The van der Waals surface area contributed by atoms with Crippen LogP contribution >= 0.6 is 0 Å². The molecule has 4 fully saturated rings. The van der Waals surface area contributed by atoms with Gasteiger partial charge in [-0.1, -0.05) is 124 Å². The summed E-state index contributed by atoms with van der Waals surface area (Å²) in [5, 5.41) is 34.4. The second kappa shape index (κ2) is 30.2. The maximum Gasteiger partial charge on any atom is 0.247 e. The third-order valence-electron chi connectivity index (χ3n) is 17.0. The molecule has 11 atom stereocenters. The number of benzene rings is 3. The Hall–Kier alpha value is -6.70. The lowest BCUT2D eigenvalue weighted by Gasteiger charge is -2.33. The standard InChI is InChI=1S/C61H86N10O9/c1-5-46(62-3)55(74)68-53-42(28-30-44-32-34-48(70(44)60(53)79)57(76)66-51(39-21-13-10-14-22-39)40-23-15-11-16-24-40)37-65-50(73)27-19-8-7-9-20-36-64-59(78)52(41-25-17-12-18-26-41)67-58(77)49-35-33-45-31-29-43(38-72)54(61(80)71(45)49)69-56(75)47(6-2)63-4/h10-18,21-26,42-49,51-54,62-63,72H,5-9,19-20,27-38H2,1-4H3,(H,64,78)(H,65,73)(H,66,76)(H,67,77)(H,68,74)(H,69,75)/t42-,43-,44+,45+,46+,47+,48+,49+,52+,53+,54+/m1/s1. The van der Waals surface area contributed by atoms with Gasteiger partial charge in [-0.25, -0.2) is 0 Å². The zero-order valence-corrected chi connectivity index (χ0v) is 47.1. The Morgan fingerprint density at radius 1 is 0.537 bits per heavy atom. The van der Waals surface area contributed by atoms with E-state index >= 15 is 0 Å². The number of aliphatic hydroxyl groups is 1. The van der Waals surface area contributed by atoms with Crippen LogP contribution in [-0.2, 0) is 38.4 Å². The third kappa shape index (κ3) is 15.4. The molecular formula is C61H86N10O9. The molecule has 0 aliphatic carbocycles. The molecule has 8 amide bonds. The summed E-state index contributed by atoms with van der Waals surface area (Å²) < 4.78 is 0. The second-order valence-corrected chi connectivity index (χ2v) is 22.0. The number of carbonyl (C=O) groups excluding carboxylic acids is 8. The molecule has 0 unspecified atom stereocenters. The molecule has 7 rings (SSSR count). The van der Waals surface area contributed by atoms with Gasteiger partial charge < -0.3 is 57.4 Å². The average Bonchev–Trinajstić information content (AvgIpc) is 4.16. The molecule has 0 bridgehead atoms. The minimum atomic E-state index is -1.02. The van der Waals surface area contributed by atoms with Crippen molar-refractivity contribution in [2.75, 3.05) is 33.8 Å². The Kier molecular flexibility index (Phi) is 23.0. The van der Waals surface area contributed by atoms with Gasteiger partial charge in [0.25, 0.3) is 0 Å². The van der Waals surface area contributed by atoms with Crippen LogP contribution in [0.3, 0.4) is 0 Å². The molecule has 0 spiro atoms. The molecule has 434 valence electrons. The number of hydrogen-bond donors (Lipinski definition) is 9.